The molecule has 1 aromatic rings. The van der Waals surface area contributed by atoms with Crippen molar-refractivity contribution < 1.29 is 23.2 Å². The second-order valence-electron chi connectivity index (χ2n) is 8.01. The molecule has 1 amide bonds. The normalized spacial score (nSPS) is 21.5. The third-order valence-electron chi connectivity index (χ3n) is 4.29. The Kier molecular flexibility index (Phi) is 5.20. The second kappa shape index (κ2) is 6.72. The minimum absolute atomic E-state index is 0.0981. The van der Waals surface area contributed by atoms with Gasteiger partial charge in [0.1, 0.15) is 17.8 Å². The molecule has 0 N–H and O–H groups in total. The highest BCUT2D eigenvalue weighted by molar-refractivity contribution is 5.98. The molecule has 140 valence electrons. The number of Topliss-reactive ketones (excluding diaryl/α,β-unsaturated/α-hetero) is 1. The number of ether oxygens (including phenoxy) is 1. The summed E-state index contributed by atoms with van der Waals surface area (Å²) < 4.78 is 24.3. The van der Waals surface area contributed by atoms with E-state index in [4.69, 9.17) is 9.26 Å². The SMILES string of the molecule is CCC(C)(C)c1nc(C(=O)[C@@H]2C[C@H](F)CN2C(=O)OC(C)(C)C)no1. The number of aromatic nitrogens is 2. The molecule has 0 spiro atoms. The third kappa shape index (κ3) is 4.35. The van der Waals surface area contributed by atoms with Crippen LogP contribution in [0.4, 0.5) is 9.18 Å². The van der Waals surface area contributed by atoms with E-state index in [0.717, 1.165) is 11.3 Å². The van der Waals surface area contributed by atoms with Crippen molar-refractivity contribution in [2.75, 3.05) is 6.54 Å². The van der Waals surface area contributed by atoms with Crippen molar-refractivity contribution in [2.24, 2.45) is 0 Å². The Hall–Kier alpha value is -1.99. The van der Waals surface area contributed by atoms with E-state index < -0.39 is 29.7 Å². The number of amides is 1. The van der Waals surface area contributed by atoms with Gasteiger partial charge in [0.15, 0.2) is 0 Å². The lowest BCUT2D eigenvalue weighted by molar-refractivity contribution is 0.0213. The monoisotopic (exact) mass is 355 g/mol. The molecule has 25 heavy (non-hydrogen) atoms. The van der Waals surface area contributed by atoms with Crippen molar-refractivity contribution in [3.05, 3.63) is 11.7 Å². The first kappa shape index (κ1) is 19.3. The number of carbonyl (C=O) groups is 2. The molecule has 2 rings (SSSR count). The van der Waals surface area contributed by atoms with Crippen molar-refractivity contribution in [3.63, 3.8) is 0 Å². The minimum Gasteiger partial charge on any atom is -0.444 e. The highest BCUT2D eigenvalue weighted by Crippen LogP contribution is 2.28. The Labute approximate surface area is 146 Å². The van der Waals surface area contributed by atoms with Gasteiger partial charge in [0.05, 0.1) is 6.54 Å². The fourth-order valence-electron chi connectivity index (χ4n) is 2.45. The summed E-state index contributed by atoms with van der Waals surface area (Å²) in [4.78, 5) is 30.3. The summed E-state index contributed by atoms with van der Waals surface area (Å²) in [5.74, 6) is -0.325. The standard InChI is InChI=1S/C17H26FN3O4/c1-7-17(5,6)14-19-13(20-25-14)12(22)11-8-10(18)9-21(11)15(23)24-16(2,3)4/h10-11H,7-9H2,1-6H3/t10-,11-/m0/s1. The molecule has 8 heteroatoms. The van der Waals surface area contributed by atoms with Gasteiger partial charge in [-0.2, -0.15) is 4.98 Å². The van der Waals surface area contributed by atoms with Gasteiger partial charge in [-0.3, -0.25) is 9.69 Å². The van der Waals surface area contributed by atoms with Gasteiger partial charge in [0.2, 0.25) is 17.5 Å². The van der Waals surface area contributed by atoms with Gasteiger partial charge in [-0.1, -0.05) is 25.9 Å². The van der Waals surface area contributed by atoms with Crippen molar-refractivity contribution >= 4 is 11.9 Å². The first-order chi connectivity index (χ1) is 11.4. The van der Waals surface area contributed by atoms with E-state index in [1.165, 1.54) is 0 Å². The number of alkyl halides is 1. The largest absolute Gasteiger partial charge is 0.444 e. The molecule has 1 fully saturated rings. The molecule has 1 aliphatic rings. The summed E-state index contributed by atoms with van der Waals surface area (Å²) in [6.07, 6.45) is -1.36. The average molecular weight is 355 g/mol. The number of likely N-dealkylation sites (tertiary alicyclic amines) is 1. The fraction of sp³-hybridized carbons (Fsp3) is 0.765. The first-order valence-electron chi connectivity index (χ1n) is 8.46. The Morgan fingerprint density at radius 2 is 1.96 bits per heavy atom. The van der Waals surface area contributed by atoms with E-state index in [1.807, 2.05) is 20.8 Å². The van der Waals surface area contributed by atoms with Crippen LogP contribution in [0.3, 0.4) is 0 Å². The van der Waals surface area contributed by atoms with Crippen LogP contribution in [0.15, 0.2) is 4.52 Å². The molecule has 0 unspecified atom stereocenters. The number of hydrogen-bond acceptors (Lipinski definition) is 6. The fourth-order valence-corrected chi connectivity index (χ4v) is 2.45. The number of ketones is 1. The molecule has 1 saturated heterocycles. The Bertz CT molecular complexity index is 651. The Balaban J connectivity index is 2.20. The van der Waals surface area contributed by atoms with Crippen molar-refractivity contribution in [2.45, 2.75) is 77.6 Å². The summed E-state index contributed by atoms with van der Waals surface area (Å²) in [5, 5.41) is 3.73. The summed E-state index contributed by atoms with van der Waals surface area (Å²) >= 11 is 0. The first-order valence-corrected chi connectivity index (χ1v) is 8.46. The van der Waals surface area contributed by atoms with Crippen molar-refractivity contribution in [3.8, 4) is 0 Å². The van der Waals surface area contributed by atoms with Gasteiger partial charge in [0, 0.05) is 11.8 Å². The van der Waals surface area contributed by atoms with Gasteiger partial charge >= 0.3 is 6.09 Å². The lowest BCUT2D eigenvalue weighted by atomic mass is 9.90. The lowest BCUT2D eigenvalue weighted by Gasteiger charge is -2.27. The topological polar surface area (TPSA) is 85.5 Å². The van der Waals surface area contributed by atoms with Gasteiger partial charge in [-0.15, -0.1) is 0 Å². The molecule has 0 aliphatic carbocycles. The highest BCUT2D eigenvalue weighted by Gasteiger charge is 2.43. The van der Waals surface area contributed by atoms with Gasteiger partial charge in [-0.25, -0.2) is 9.18 Å². The van der Waals surface area contributed by atoms with Crippen LogP contribution in [0.25, 0.3) is 0 Å². The number of hydrogen-bond donors (Lipinski definition) is 0. The van der Waals surface area contributed by atoms with E-state index in [2.05, 4.69) is 10.1 Å². The molecule has 0 bridgehead atoms. The van der Waals surface area contributed by atoms with Crippen molar-refractivity contribution in [1.29, 1.82) is 0 Å². The molecule has 0 radical (unpaired) electrons. The molecular formula is C17H26FN3O4. The summed E-state index contributed by atoms with van der Waals surface area (Å²) in [7, 11) is 0. The predicted octanol–water partition coefficient (Wildman–Crippen LogP) is 3.29. The molecular weight excluding hydrogens is 329 g/mol. The van der Waals surface area contributed by atoms with Crippen molar-refractivity contribution in [1.82, 2.24) is 15.0 Å². The quantitative estimate of drug-likeness (QED) is 0.771. The minimum atomic E-state index is -1.29. The maximum Gasteiger partial charge on any atom is 0.411 e. The zero-order valence-corrected chi connectivity index (χ0v) is 15.6. The van der Waals surface area contributed by atoms with Crippen LogP contribution in [0.2, 0.25) is 0 Å². The predicted molar refractivity (Wildman–Crippen MR) is 88.2 cm³/mol. The maximum absolute atomic E-state index is 13.9. The molecule has 2 atom stereocenters. The lowest BCUT2D eigenvalue weighted by Crippen LogP contribution is -2.43. The summed E-state index contributed by atoms with van der Waals surface area (Å²) in [5.41, 5.74) is -1.10. The van der Waals surface area contributed by atoms with Crippen LogP contribution in [0.1, 0.15) is 70.9 Å². The Morgan fingerprint density at radius 3 is 2.52 bits per heavy atom. The zero-order chi connectivity index (χ0) is 19.0. The number of nitrogens with zero attached hydrogens (tertiary/aromatic N) is 3. The van der Waals surface area contributed by atoms with Crippen LogP contribution in [-0.2, 0) is 10.2 Å². The third-order valence-corrected chi connectivity index (χ3v) is 4.29. The van der Waals surface area contributed by atoms with Gasteiger partial charge in [0.25, 0.3) is 0 Å². The van der Waals surface area contributed by atoms with Crippen LogP contribution in [0, 0.1) is 0 Å². The number of carbonyl (C=O) groups excluding carboxylic acids is 2. The van der Waals surface area contributed by atoms with Gasteiger partial charge in [-0.05, 0) is 27.2 Å². The van der Waals surface area contributed by atoms with Gasteiger partial charge < -0.3 is 9.26 Å². The molecule has 7 nitrogen and oxygen atoms in total. The average Bonchev–Trinajstić information content (AvgIpc) is 3.11. The number of rotatable bonds is 4. The van der Waals surface area contributed by atoms with E-state index in [0.29, 0.717) is 5.89 Å². The smallest absolute Gasteiger partial charge is 0.411 e. The van der Waals surface area contributed by atoms with Crippen LogP contribution in [0.5, 0.6) is 0 Å². The molecule has 0 aromatic carbocycles. The zero-order valence-electron chi connectivity index (χ0n) is 15.6. The van der Waals surface area contributed by atoms with Crippen LogP contribution < -0.4 is 0 Å². The molecule has 1 aliphatic heterocycles. The molecule has 1 aromatic heterocycles. The van der Waals surface area contributed by atoms with E-state index in [1.54, 1.807) is 20.8 Å². The Morgan fingerprint density at radius 1 is 1.32 bits per heavy atom. The number of halogens is 1. The van der Waals surface area contributed by atoms with Crippen LogP contribution in [-0.4, -0.2) is 51.3 Å². The van der Waals surface area contributed by atoms with E-state index in [-0.39, 0.29) is 24.2 Å². The second-order valence-corrected chi connectivity index (χ2v) is 8.01. The highest BCUT2D eigenvalue weighted by atomic mass is 19.1. The van der Waals surface area contributed by atoms with E-state index >= 15 is 0 Å². The summed E-state index contributed by atoms with van der Waals surface area (Å²) in [6.45, 7) is 10.8. The maximum atomic E-state index is 13.9. The summed E-state index contributed by atoms with van der Waals surface area (Å²) in [6, 6.07) is -0.986. The molecule has 2 heterocycles. The van der Waals surface area contributed by atoms with Crippen LogP contribution >= 0.6 is 0 Å². The van der Waals surface area contributed by atoms with E-state index in [9.17, 15) is 14.0 Å². The molecule has 0 saturated carbocycles.